The van der Waals surface area contributed by atoms with E-state index in [1.807, 2.05) is 12.3 Å². The summed E-state index contributed by atoms with van der Waals surface area (Å²) in [5, 5.41) is 15.3. The predicted octanol–water partition coefficient (Wildman–Crippen LogP) is 5.91. The summed E-state index contributed by atoms with van der Waals surface area (Å²) in [6, 6.07) is 7.00. The average Bonchev–Trinajstić information content (AvgIpc) is 3.37. The molecule has 9 heteroatoms. The van der Waals surface area contributed by atoms with E-state index in [-0.39, 0.29) is 24.4 Å². The Balaban J connectivity index is 1.65. The molecule has 3 aromatic rings. The zero-order chi connectivity index (χ0) is 24.0. The number of anilines is 2. The minimum atomic E-state index is -0.891. The molecule has 2 heterocycles. The quantitative estimate of drug-likeness (QED) is 0.259. The minimum absolute atomic E-state index is 0.00201. The SMILES string of the molecule is C=C(CC(C)=O)c1nc(C)c(-c2csc(Nc3ccc(C(=O)/C=C/CCC(=O)O)cc3)n2)s1. The number of aromatic nitrogens is 2. The van der Waals surface area contributed by atoms with Crippen LogP contribution in [0.2, 0.25) is 0 Å². The topological polar surface area (TPSA) is 109 Å². The van der Waals surface area contributed by atoms with Gasteiger partial charge in [0.25, 0.3) is 0 Å². The highest BCUT2D eigenvalue weighted by Crippen LogP contribution is 2.35. The second-order valence-electron chi connectivity index (χ2n) is 7.36. The van der Waals surface area contributed by atoms with Crippen molar-refractivity contribution in [3.05, 3.63) is 64.6 Å². The molecule has 0 radical (unpaired) electrons. The highest BCUT2D eigenvalue weighted by molar-refractivity contribution is 7.17. The van der Waals surface area contributed by atoms with Crippen molar-refractivity contribution in [2.45, 2.75) is 33.1 Å². The van der Waals surface area contributed by atoms with Gasteiger partial charge < -0.3 is 10.4 Å². The predicted molar refractivity (Wildman–Crippen MR) is 132 cm³/mol. The number of aryl methyl sites for hydroxylation is 1. The summed E-state index contributed by atoms with van der Waals surface area (Å²) < 4.78 is 0. The lowest BCUT2D eigenvalue weighted by atomic mass is 10.1. The second-order valence-corrected chi connectivity index (χ2v) is 9.21. The van der Waals surface area contributed by atoms with Crippen LogP contribution in [0.3, 0.4) is 0 Å². The van der Waals surface area contributed by atoms with E-state index in [1.165, 1.54) is 35.7 Å². The highest BCUT2D eigenvalue weighted by atomic mass is 32.1. The molecule has 2 aromatic heterocycles. The second kappa shape index (κ2) is 10.9. The largest absolute Gasteiger partial charge is 0.481 e. The molecule has 0 aliphatic rings. The first kappa shape index (κ1) is 24.2. The molecule has 7 nitrogen and oxygen atoms in total. The van der Waals surface area contributed by atoms with Crippen molar-refractivity contribution in [3.63, 3.8) is 0 Å². The molecule has 3 rings (SSSR count). The Labute approximate surface area is 199 Å². The van der Waals surface area contributed by atoms with Crippen molar-refractivity contribution in [1.29, 1.82) is 0 Å². The zero-order valence-corrected chi connectivity index (χ0v) is 19.9. The van der Waals surface area contributed by atoms with Gasteiger partial charge in [0.2, 0.25) is 0 Å². The molecule has 0 aliphatic carbocycles. The standard InChI is InChI=1S/C24H23N3O4S2/c1-14(12-15(2)28)23-25-16(3)22(33-23)19-13-32-24(27-19)26-18-10-8-17(9-11-18)20(29)6-4-5-7-21(30)31/h4,6,8-11,13H,1,5,7,12H2,2-3H3,(H,26,27)(H,30,31)/b6-4+. The smallest absolute Gasteiger partial charge is 0.303 e. The van der Waals surface area contributed by atoms with E-state index in [2.05, 4.69) is 21.9 Å². The first-order valence-corrected chi connectivity index (χ1v) is 11.8. The van der Waals surface area contributed by atoms with Crippen molar-refractivity contribution in [1.82, 2.24) is 9.97 Å². The van der Waals surface area contributed by atoms with Crippen LogP contribution in [0.15, 0.2) is 48.4 Å². The number of carbonyl (C=O) groups excluding carboxylic acids is 2. The molecule has 0 spiro atoms. The van der Waals surface area contributed by atoms with Crippen molar-refractivity contribution >= 4 is 56.6 Å². The number of carboxylic acid groups (broad SMARTS) is 1. The third-order valence-corrected chi connectivity index (χ3v) is 6.55. The van der Waals surface area contributed by atoms with E-state index in [0.717, 1.165) is 27.0 Å². The number of carboxylic acids is 1. The highest BCUT2D eigenvalue weighted by Gasteiger charge is 2.15. The van der Waals surface area contributed by atoms with Crippen molar-refractivity contribution in [2.75, 3.05) is 5.32 Å². The number of thiazole rings is 2. The van der Waals surface area contributed by atoms with Crippen LogP contribution in [0.25, 0.3) is 16.1 Å². The molecule has 0 aliphatic heterocycles. The normalized spacial score (nSPS) is 11.0. The first-order valence-electron chi connectivity index (χ1n) is 10.1. The number of Topliss-reactive ketones (excluding diaryl/α,β-unsaturated/α-hetero) is 1. The molecule has 0 bridgehead atoms. The summed E-state index contributed by atoms with van der Waals surface area (Å²) in [4.78, 5) is 44.2. The molecule has 0 amide bonds. The summed E-state index contributed by atoms with van der Waals surface area (Å²) in [7, 11) is 0. The fourth-order valence-electron chi connectivity index (χ4n) is 2.93. The van der Waals surface area contributed by atoms with Crippen molar-refractivity contribution < 1.29 is 19.5 Å². The van der Waals surface area contributed by atoms with Gasteiger partial charge in [-0.15, -0.1) is 22.7 Å². The van der Waals surface area contributed by atoms with E-state index in [0.29, 0.717) is 22.7 Å². The van der Waals surface area contributed by atoms with Crippen LogP contribution >= 0.6 is 22.7 Å². The van der Waals surface area contributed by atoms with Crippen LogP contribution in [0.1, 0.15) is 47.2 Å². The fraction of sp³-hybridized carbons (Fsp3) is 0.208. The molecule has 0 fully saturated rings. The van der Waals surface area contributed by atoms with Gasteiger partial charge >= 0.3 is 5.97 Å². The van der Waals surface area contributed by atoms with Crippen LogP contribution in [0.5, 0.6) is 0 Å². The zero-order valence-electron chi connectivity index (χ0n) is 18.3. The summed E-state index contributed by atoms with van der Waals surface area (Å²) in [6.07, 6.45) is 3.57. The van der Waals surface area contributed by atoms with Gasteiger partial charge in [0, 0.05) is 29.5 Å². The van der Waals surface area contributed by atoms with Gasteiger partial charge in [0.1, 0.15) is 10.8 Å². The molecule has 0 saturated heterocycles. The number of carbonyl (C=O) groups is 3. The molecule has 0 saturated carbocycles. The maximum atomic E-state index is 12.2. The number of hydrogen-bond acceptors (Lipinski definition) is 8. The summed E-state index contributed by atoms with van der Waals surface area (Å²) >= 11 is 2.93. The third kappa shape index (κ3) is 6.77. The Bertz CT molecular complexity index is 1220. The molecule has 1 aromatic carbocycles. The monoisotopic (exact) mass is 481 g/mol. The Morgan fingerprint density at radius 2 is 1.91 bits per heavy atom. The fourth-order valence-corrected chi connectivity index (χ4v) is 4.72. The lowest BCUT2D eigenvalue weighted by molar-refractivity contribution is -0.136. The number of aliphatic carboxylic acids is 1. The van der Waals surface area contributed by atoms with Crippen molar-refractivity contribution in [3.8, 4) is 10.6 Å². The summed E-state index contributed by atoms with van der Waals surface area (Å²) in [5.74, 6) is -1.01. The maximum Gasteiger partial charge on any atom is 0.303 e. The van der Waals surface area contributed by atoms with E-state index in [9.17, 15) is 14.4 Å². The Kier molecular flexibility index (Phi) is 8.02. The van der Waals surface area contributed by atoms with Gasteiger partial charge in [-0.05, 0) is 56.2 Å². The number of allylic oxidation sites excluding steroid dienone is 3. The van der Waals surface area contributed by atoms with Crippen molar-refractivity contribution in [2.24, 2.45) is 0 Å². The van der Waals surface area contributed by atoms with Gasteiger partial charge in [-0.1, -0.05) is 12.7 Å². The van der Waals surface area contributed by atoms with Gasteiger partial charge in [0.05, 0.1) is 16.3 Å². The lowest BCUT2D eigenvalue weighted by Crippen LogP contribution is -1.96. The molecule has 0 unspecified atom stereocenters. The number of rotatable bonds is 11. The summed E-state index contributed by atoms with van der Waals surface area (Å²) in [6.45, 7) is 7.41. The average molecular weight is 482 g/mol. The molecule has 0 atom stereocenters. The third-order valence-electron chi connectivity index (χ3n) is 4.51. The van der Waals surface area contributed by atoms with Gasteiger partial charge in [0.15, 0.2) is 10.9 Å². The molecule has 170 valence electrons. The van der Waals surface area contributed by atoms with Crippen LogP contribution in [0.4, 0.5) is 10.8 Å². The maximum absolute atomic E-state index is 12.2. The number of nitrogens with one attached hydrogen (secondary N) is 1. The van der Waals surface area contributed by atoms with E-state index >= 15 is 0 Å². The van der Waals surface area contributed by atoms with E-state index in [4.69, 9.17) is 5.11 Å². The van der Waals surface area contributed by atoms with E-state index in [1.54, 1.807) is 30.3 Å². The van der Waals surface area contributed by atoms with Gasteiger partial charge in [-0.3, -0.25) is 14.4 Å². The summed E-state index contributed by atoms with van der Waals surface area (Å²) in [5.41, 5.74) is 3.67. The molecule has 33 heavy (non-hydrogen) atoms. The Hall–Kier alpha value is -3.43. The number of nitrogens with zero attached hydrogens (tertiary/aromatic N) is 2. The Morgan fingerprint density at radius 1 is 1.18 bits per heavy atom. The number of hydrogen-bond donors (Lipinski definition) is 2. The van der Waals surface area contributed by atoms with Crippen LogP contribution in [-0.2, 0) is 9.59 Å². The minimum Gasteiger partial charge on any atom is -0.481 e. The lowest BCUT2D eigenvalue weighted by Gasteiger charge is -2.03. The number of benzene rings is 1. The molecular weight excluding hydrogens is 458 g/mol. The van der Waals surface area contributed by atoms with Gasteiger partial charge in [-0.25, -0.2) is 9.97 Å². The Morgan fingerprint density at radius 3 is 2.58 bits per heavy atom. The van der Waals surface area contributed by atoms with Crippen LogP contribution in [-0.4, -0.2) is 32.6 Å². The van der Waals surface area contributed by atoms with E-state index < -0.39 is 5.97 Å². The number of ketones is 2. The first-order chi connectivity index (χ1) is 15.7. The van der Waals surface area contributed by atoms with Gasteiger partial charge in [-0.2, -0.15) is 0 Å². The molecular formula is C24H23N3O4S2. The van der Waals surface area contributed by atoms with Crippen LogP contribution in [0, 0.1) is 6.92 Å². The molecule has 2 N–H and O–H groups in total. The van der Waals surface area contributed by atoms with Crippen LogP contribution < -0.4 is 5.32 Å².